The van der Waals surface area contributed by atoms with Crippen molar-refractivity contribution in [3.8, 4) is 0 Å². The molecule has 3 aromatic rings. The van der Waals surface area contributed by atoms with E-state index in [9.17, 15) is 4.79 Å². The number of fused-ring (bicyclic) bond motifs is 2. The molecule has 0 spiro atoms. The largest absolute Gasteiger partial charge is 0.328 e. The van der Waals surface area contributed by atoms with Crippen LogP contribution < -0.4 is 0 Å². The minimum absolute atomic E-state index is 0.0611. The zero-order chi connectivity index (χ0) is 16.0. The van der Waals surface area contributed by atoms with E-state index in [1.807, 2.05) is 28.8 Å². The molecule has 0 aliphatic carbocycles. The predicted octanol–water partition coefficient (Wildman–Crippen LogP) is 1.71. The second-order valence-electron chi connectivity index (χ2n) is 6.10. The number of pyridine rings is 1. The molecule has 0 saturated heterocycles. The van der Waals surface area contributed by atoms with Crippen molar-refractivity contribution in [1.29, 1.82) is 0 Å². The lowest BCUT2D eigenvalue weighted by atomic mass is 10.2. The number of nitrogens with zero attached hydrogens (tertiary/aromatic N) is 6. The molecular formula is C16H18N6O. The zero-order valence-corrected chi connectivity index (χ0v) is 13.2. The number of imidazole rings is 1. The molecule has 4 heterocycles. The van der Waals surface area contributed by atoms with E-state index >= 15 is 0 Å². The quantitative estimate of drug-likeness (QED) is 0.722. The van der Waals surface area contributed by atoms with Gasteiger partial charge in [0.2, 0.25) is 0 Å². The second kappa shape index (κ2) is 5.19. The fourth-order valence-corrected chi connectivity index (χ4v) is 2.98. The van der Waals surface area contributed by atoms with Crippen molar-refractivity contribution < 1.29 is 4.79 Å². The van der Waals surface area contributed by atoms with Gasteiger partial charge in [-0.3, -0.25) is 4.79 Å². The van der Waals surface area contributed by atoms with E-state index in [1.165, 1.54) is 0 Å². The predicted molar refractivity (Wildman–Crippen MR) is 84.0 cm³/mol. The van der Waals surface area contributed by atoms with Crippen LogP contribution >= 0.6 is 0 Å². The molecule has 4 rings (SSSR count). The minimum atomic E-state index is -0.0611. The molecule has 0 N–H and O–H groups in total. The van der Waals surface area contributed by atoms with Gasteiger partial charge in [-0.1, -0.05) is 19.9 Å². The first kappa shape index (κ1) is 13.9. The van der Waals surface area contributed by atoms with Crippen molar-refractivity contribution in [3.63, 3.8) is 0 Å². The van der Waals surface area contributed by atoms with Crippen molar-refractivity contribution in [2.24, 2.45) is 0 Å². The summed E-state index contributed by atoms with van der Waals surface area (Å²) in [5, 5.41) is 8.49. The summed E-state index contributed by atoms with van der Waals surface area (Å²) in [4.78, 5) is 18.9. The Bertz CT molecular complexity index is 845. The number of carbonyl (C=O) groups excluding carboxylic acids is 1. The first-order valence-corrected chi connectivity index (χ1v) is 7.78. The molecule has 3 aromatic heterocycles. The summed E-state index contributed by atoms with van der Waals surface area (Å²) in [5.41, 5.74) is 1.24. The maximum Gasteiger partial charge on any atom is 0.274 e. The average molecular weight is 310 g/mol. The van der Waals surface area contributed by atoms with Crippen molar-refractivity contribution in [2.45, 2.75) is 32.9 Å². The fraction of sp³-hybridized carbons (Fsp3) is 0.375. The molecule has 1 aliphatic rings. The number of amides is 1. The summed E-state index contributed by atoms with van der Waals surface area (Å²) in [6.07, 6.45) is 3.66. The van der Waals surface area contributed by atoms with Crippen LogP contribution in [0.5, 0.6) is 0 Å². The molecule has 23 heavy (non-hydrogen) atoms. The smallest absolute Gasteiger partial charge is 0.274 e. The molecule has 0 aromatic carbocycles. The van der Waals surface area contributed by atoms with Crippen LogP contribution in [0.25, 0.3) is 5.65 Å². The fourth-order valence-electron chi connectivity index (χ4n) is 2.98. The van der Waals surface area contributed by atoms with E-state index in [2.05, 4.69) is 33.6 Å². The maximum absolute atomic E-state index is 12.7. The highest BCUT2D eigenvalue weighted by atomic mass is 16.2. The van der Waals surface area contributed by atoms with Crippen LogP contribution in [0.2, 0.25) is 0 Å². The van der Waals surface area contributed by atoms with Crippen LogP contribution in [0.15, 0.2) is 30.6 Å². The number of hydrogen-bond acceptors (Lipinski definition) is 4. The molecule has 0 unspecified atom stereocenters. The molecule has 0 atom stereocenters. The van der Waals surface area contributed by atoms with E-state index in [1.54, 1.807) is 11.1 Å². The Hall–Kier alpha value is -2.70. The summed E-state index contributed by atoms with van der Waals surface area (Å²) in [5.74, 6) is 2.10. The first-order chi connectivity index (χ1) is 11.1. The first-order valence-electron chi connectivity index (χ1n) is 7.78. The second-order valence-corrected chi connectivity index (χ2v) is 6.10. The highest BCUT2D eigenvalue weighted by Gasteiger charge is 2.27. The number of hydrogen-bond donors (Lipinski definition) is 0. The Kier molecular flexibility index (Phi) is 3.14. The Morgan fingerprint density at radius 2 is 2.09 bits per heavy atom. The lowest BCUT2D eigenvalue weighted by Crippen LogP contribution is -2.39. The Balaban J connectivity index is 1.60. The lowest BCUT2D eigenvalue weighted by molar-refractivity contribution is 0.0701. The maximum atomic E-state index is 12.7. The van der Waals surface area contributed by atoms with E-state index in [4.69, 9.17) is 0 Å². The summed E-state index contributed by atoms with van der Waals surface area (Å²) in [6, 6.07) is 5.71. The van der Waals surface area contributed by atoms with Crippen molar-refractivity contribution >= 4 is 11.6 Å². The van der Waals surface area contributed by atoms with Crippen LogP contribution in [0.4, 0.5) is 0 Å². The van der Waals surface area contributed by atoms with Gasteiger partial charge >= 0.3 is 0 Å². The molecule has 0 radical (unpaired) electrons. The zero-order valence-electron chi connectivity index (χ0n) is 13.2. The third kappa shape index (κ3) is 2.28. The van der Waals surface area contributed by atoms with Crippen LogP contribution in [0.3, 0.4) is 0 Å². The summed E-state index contributed by atoms with van der Waals surface area (Å²) >= 11 is 0. The third-order valence-corrected chi connectivity index (χ3v) is 4.17. The van der Waals surface area contributed by atoms with Gasteiger partial charge in [-0.25, -0.2) is 4.98 Å². The summed E-state index contributed by atoms with van der Waals surface area (Å²) < 4.78 is 3.98. The van der Waals surface area contributed by atoms with Crippen LogP contribution in [0.1, 0.15) is 41.9 Å². The highest BCUT2D eigenvalue weighted by Crippen LogP contribution is 2.19. The molecule has 118 valence electrons. The number of aromatic nitrogens is 5. The molecule has 0 saturated carbocycles. The van der Waals surface area contributed by atoms with E-state index in [0.717, 1.165) is 23.8 Å². The Morgan fingerprint density at radius 1 is 1.22 bits per heavy atom. The standard InChI is InChI=1S/C16H18N6O/c1-11(2)15-19-18-14-10-21(7-8-22(14)15)16(23)12-9-20-6-4-3-5-13(20)17-12/h3-6,9,11H,7-8,10H2,1-2H3. The van der Waals surface area contributed by atoms with Crippen molar-refractivity contribution in [1.82, 2.24) is 29.0 Å². The van der Waals surface area contributed by atoms with Crippen molar-refractivity contribution in [2.75, 3.05) is 6.54 Å². The number of carbonyl (C=O) groups is 1. The van der Waals surface area contributed by atoms with E-state index in [-0.39, 0.29) is 5.91 Å². The van der Waals surface area contributed by atoms with Crippen LogP contribution in [-0.4, -0.2) is 41.5 Å². The van der Waals surface area contributed by atoms with Gasteiger partial charge in [0.15, 0.2) is 5.82 Å². The van der Waals surface area contributed by atoms with Gasteiger partial charge in [-0.05, 0) is 12.1 Å². The lowest BCUT2D eigenvalue weighted by Gasteiger charge is -2.27. The highest BCUT2D eigenvalue weighted by molar-refractivity contribution is 5.92. The van der Waals surface area contributed by atoms with Gasteiger partial charge in [0.1, 0.15) is 17.2 Å². The van der Waals surface area contributed by atoms with Gasteiger partial charge in [-0.15, -0.1) is 10.2 Å². The van der Waals surface area contributed by atoms with Crippen LogP contribution in [0, 0.1) is 0 Å². The SMILES string of the molecule is CC(C)c1nnc2n1CCN(C(=O)c1cn3ccccc3n1)C2. The van der Waals surface area contributed by atoms with Gasteiger partial charge in [0, 0.05) is 31.4 Å². The molecule has 1 amide bonds. The van der Waals surface area contributed by atoms with Crippen molar-refractivity contribution in [3.05, 3.63) is 47.9 Å². The van der Waals surface area contributed by atoms with Gasteiger partial charge in [-0.2, -0.15) is 0 Å². The van der Waals surface area contributed by atoms with Gasteiger partial charge < -0.3 is 13.9 Å². The summed E-state index contributed by atoms with van der Waals surface area (Å²) in [6.45, 7) is 6.07. The monoisotopic (exact) mass is 310 g/mol. The minimum Gasteiger partial charge on any atom is -0.328 e. The van der Waals surface area contributed by atoms with Gasteiger partial charge in [0.05, 0.1) is 6.54 Å². The van der Waals surface area contributed by atoms with E-state index < -0.39 is 0 Å². The normalized spacial score (nSPS) is 14.5. The number of rotatable bonds is 2. The van der Waals surface area contributed by atoms with Crippen LogP contribution in [-0.2, 0) is 13.1 Å². The van der Waals surface area contributed by atoms with Gasteiger partial charge in [0.25, 0.3) is 5.91 Å². The summed E-state index contributed by atoms with van der Waals surface area (Å²) in [7, 11) is 0. The van der Waals surface area contributed by atoms with E-state index in [0.29, 0.717) is 24.7 Å². The Morgan fingerprint density at radius 3 is 2.87 bits per heavy atom. The Labute approximate surface area is 133 Å². The molecule has 0 fully saturated rings. The molecule has 0 bridgehead atoms. The molecule has 1 aliphatic heterocycles. The average Bonchev–Trinajstić information content (AvgIpc) is 3.17. The molecule has 7 heteroatoms. The third-order valence-electron chi connectivity index (χ3n) is 4.17. The topological polar surface area (TPSA) is 68.3 Å². The molecular weight excluding hydrogens is 292 g/mol. The molecule has 7 nitrogen and oxygen atoms in total.